The van der Waals surface area contributed by atoms with Crippen LogP contribution in [0.5, 0.6) is 0 Å². The largest absolute Gasteiger partial charge is 0.481 e. The lowest BCUT2D eigenvalue weighted by Crippen LogP contribution is -2.36. The molecule has 1 aromatic rings. The number of carbonyl (C=O) groups is 2. The van der Waals surface area contributed by atoms with Gasteiger partial charge in [0.25, 0.3) is 0 Å². The Balaban J connectivity index is 2.46. The lowest BCUT2D eigenvalue weighted by atomic mass is 10.2. The van der Waals surface area contributed by atoms with Gasteiger partial charge in [0.2, 0.25) is 0 Å². The zero-order valence-corrected chi connectivity index (χ0v) is 12.6. The second-order valence-electron chi connectivity index (χ2n) is 4.06. The molecule has 0 saturated heterocycles. The number of halogens is 2. The van der Waals surface area contributed by atoms with Gasteiger partial charge in [0.15, 0.2) is 0 Å². The first-order valence-electron chi connectivity index (χ1n) is 5.63. The molecule has 1 unspecified atom stereocenters. The molecule has 0 heterocycles. The normalized spacial score (nSPS) is 11.7. The maximum absolute atomic E-state index is 11.6. The number of nitrogens with one attached hydrogen (secondary N) is 2. The number of urea groups is 1. The van der Waals surface area contributed by atoms with E-state index in [1.54, 1.807) is 25.1 Å². The highest BCUT2D eigenvalue weighted by atomic mass is 79.9. The van der Waals surface area contributed by atoms with Crippen molar-refractivity contribution in [3.63, 3.8) is 0 Å². The van der Waals surface area contributed by atoms with Crippen molar-refractivity contribution >= 4 is 45.2 Å². The number of anilines is 1. The van der Waals surface area contributed by atoms with Crippen LogP contribution in [-0.2, 0) is 4.79 Å². The third-order valence-corrected chi connectivity index (χ3v) is 3.56. The minimum atomic E-state index is -0.879. The molecule has 0 bridgehead atoms. The summed E-state index contributed by atoms with van der Waals surface area (Å²) in [6.07, 6.45) is 0.404. The van der Waals surface area contributed by atoms with Crippen LogP contribution in [0.1, 0.15) is 19.8 Å². The summed E-state index contributed by atoms with van der Waals surface area (Å²) >= 11 is 9.10. The van der Waals surface area contributed by atoms with Gasteiger partial charge in [0.1, 0.15) is 0 Å². The van der Waals surface area contributed by atoms with E-state index in [-0.39, 0.29) is 18.5 Å². The lowest BCUT2D eigenvalue weighted by molar-refractivity contribution is -0.137. The second-order valence-corrected chi connectivity index (χ2v) is 5.32. The zero-order chi connectivity index (χ0) is 14.4. The number of carboxylic acid groups (broad SMARTS) is 1. The van der Waals surface area contributed by atoms with Gasteiger partial charge >= 0.3 is 12.0 Å². The summed E-state index contributed by atoms with van der Waals surface area (Å²) in [6.45, 7) is 1.75. The number of carboxylic acids is 1. The summed E-state index contributed by atoms with van der Waals surface area (Å²) in [5.74, 6) is -0.879. The number of aliphatic carboxylic acids is 1. The molecule has 1 aromatic carbocycles. The van der Waals surface area contributed by atoms with Gasteiger partial charge in [0.05, 0.1) is 5.02 Å². The van der Waals surface area contributed by atoms with Crippen molar-refractivity contribution in [1.82, 2.24) is 5.32 Å². The van der Waals surface area contributed by atoms with Crippen molar-refractivity contribution in [3.05, 3.63) is 27.7 Å². The number of hydrogen-bond donors (Lipinski definition) is 3. The Hall–Kier alpha value is -1.27. The van der Waals surface area contributed by atoms with Crippen LogP contribution in [0.3, 0.4) is 0 Å². The molecular weight excluding hydrogens is 336 g/mol. The summed E-state index contributed by atoms with van der Waals surface area (Å²) in [6, 6.07) is 4.42. The van der Waals surface area contributed by atoms with Gasteiger partial charge in [-0.2, -0.15) is 0 Å². The summed E-state index contributed by atoms with van der Waals surface area (Å²) in [5, 5.41) is 14.4. The fraction of sp³-hybridized carbons (Fsp3) is 0.333. The molecule has 5 nitrogen and oxygen atoms in total. The number of benzene rings is 1. The van der Waals surface area contributed by atoms with Gasteiger partial charge in [-0.25, -0.2) is 4.79 Å². The number of rotatable bonds is 5. The predicted molar refractivity (Wildman–Crippen MR) is 77.6 cm³/mol. The van der Waals surface area contributed by atoms with E-state index in [4.69, 9.17) is 16.7 Å². The van der Waals surface area contributed by atoms with E-state index in [1.165, 1.54) is 0 Å². The van der Waals surface area contributed by atoms with Crippen LogP contribution in [0.25, 0.3) is 0 Å². The molecule has 0 spiro atoms. The first-order chi connectivity index (χ1) is 8.88. The van der Waals surface area contributed by atoms with E-state index in [0.717, 1.165) is 0 Å². The fourth-order valence-electron chi connectivity index (χ4n) is 1.38. The highest BCUT2D eigenvalue weighted by Gasteiger charge is 2.09. The fourth-order valence-corrected chi connectivity index (χ4v) is 1.87. The van der Waals surface area contributed by atoms with Crippen LogP contribution < -0.4 is 10.6 Å². The molecule has 0 aliphatic heterocycles. The number of hydrogen-bond acceptors (Lipinski definition) is 2. The van der Waals surface area contributed by atoms with Crippen LogP contribution in [0.2, 0.25) is 5.02 Å². The third kappa shape index (κ3) is 5.94. The molecule has 0 aliphatic rings. The third-order valence-electron chi connectivity index (χ3n) is 2.35. The van der Waals surface area contributed by atoms with Gasteiger partial charge in [-0.3, -0.25) is 4.79 Å². The topological polar surface area (TPSA) is 78.4 Å². The lowest BCUT2D eigenvalue weighted by Gasteiger charge is -2.14. The maximum Gasteiger partial charge on any atom is 0.319 e. The smallest absolute Gasteiger partial charge is 0.319 e. The summed E-state index contributed by atoms with van der Waals surface area (Å²) in [4.78, 5) is 22.0. The average molecular weight is 350 g/mol. The molecule has 0 aliphatic carbocycles. The van der Waals surface area contributed by atoms with Gasteiger partial charge in [0, 0.05) is 22.6 Å². The minimum Gasteiger partial charge on any atom is -0.481 e. The predicted octanol–water partition coefficient (Wildman–Crippen LogP) is 3.48. The van der Waals surface area contributed by atoms with E-state index in [9.17, 15) is 9.59 Å². The van der Waals surface area contributed by atoms with Gasteiger partial charge in [-0.15, -0.1) is 0 Å². The Morgan fingerprint density at radius 3 is 2.74 bits per heavy atom. The zero-order valence-electron chi connectivity index (χ0n) is 10.2. The summed E-state index contributed by atoms with van der Waals surface area (Å²) < 4.78 is 0.686. The molecule has 1 atom stereocenters. The standard InChI is InChI=1S/C12H14BrClN2O3/c1-7(2-5-11(17)18)15-12(19)16-8-3-4-10(14)9(13)6-8/h3-4,6-7H,2,5H2,1H3,(H,17,18)(H2,15,16,19). The molecule has 0 fully saturated rings. The van der Waals surface area contributed by atoms with E-state index >= 15 is 0 Å². The highest BCUT2D eigenvalue weighted by Crippen LogP contribution is 2.25. The van der Waals surface area contributed by atoms with Crippen molar-refractivity contribution in [1.29, 1.82) is 0 Å². The minimum absolute atomic E-state index is 0.0218. The maximum atomic E-state index is 11.6. The summed E-state index contributed by atoms with van der Waals surface area (Å²) in [7, 11) is 0. The van der Waals surface area contributed by atoms with Crippen LogP contribution >= 0.6 is 27.5 Å². The van der Waals surface area contributed by atoms with Crippen LogP contribution in [0.15, 0.2) is 22.7 Å². The molecule has 0 radical (unpaired) electrons. The monoisotopic (exact) mass is 348 g/mol. The van der Waals surface area contributed by atoms with Crippen molar-refractivity contribution in [2.24, 2.45) is 0 Å². The molecular formula is C12H14BrClN2O3. The first-order valence-corrected chi connectivity index (χ1v) is 6.80. The van der Waals surface area contributed by atoms with Crippen molar-refractivity contribution in [2.75, 3.05) is 5.32 Å². The van der Waals surface area contributed by atoms with E-state index in [0.29, 0.717) is 21.6 Å². The second kappa shape index (κ2) is 7.35. The summed E-state index contributed by atoms with van der Waals surface area (Å²) in [5.41, 5.74) is 0.596. The van der Waals surface area contributed by atoms with Gasteiger partial charge in [-0.1, -0.05) is 11.6 Å². The van der Waals surface area contributed by atoms with Crippen LogP contribution in [0.4, 0.5) is 10.5 Å². The Kier molecular flexibility index (Phi) is 6.11. The average Bonchev–Trinajstić information content (AvgIpc) is 2.31. The van der Waals surface area contributed by atoms with Gasteiger partial charge in [-0.05, 0) is 47.5 Å². The Labute approximate surface area is 124 Å². The van der Waals surface area contributed by atoms with Crippen molar-refractivity contribution in [3.8, 4) is 0 Å². The Morgan fingerprint density at radius 2 is 2.16 bits per heavy atom. The Bertz CT molecular complexity index is 482. The van der Waals surface area contributed by atoms with Gasteiger partial charge < -0.3 is 15.7 Å². The SMILES string of the molecule is CC(CCC(=O)O)NC(=O)Nc1ccc(Cl)c(Br)c1. The molecule has 2 amide bonds. The molecule has 1 rings (SSSR count). The number of amides is 2. The Morgan fingerprint density at radius 1 is 1.47 bits per heavy atom. The van der Waals surface area contributed by atoms with E-state index < -0.39 is 5.97 Å². The van der Waals surface area contributed by atoms with E-state index in [1.807, 2.05) is 0 Å². The van der Waals surface area contributed by atoms with Crippen LogP contribution in [-0.4, -0.2) is 23.1 Å². The number of carbonyl (C=O) groups excluding carboxylic acids is 1. The molecule has 19 heavy (non-hydrogen) atoms. The van der Waals surface area contributed by atoms with E-state index in [2.05, 4.69) is 26.6 Å². The van der Waals surface area contributed by atoms with Crippen molar-refractivity contribution in [2.45, 2.75) is 25.8 Å². The first kappa shape index (κ1) is 15.8. The molecule has 0 aromatic heterocycles. The molecule has 7 heteroatoms. The quantitative estimate of drug-likeness (QED) is 0.761. The molecule has 0 saturated carbocycles. The molecule has 104 valence electrons. The molecule has 3 N–H and O–H groups in total. The van der Waals surface area contributed by atoms with Crippen molar-refractivity contribution < 1.29 is 14.7 Å². The highest BCUT2D eigenvalue weighted by molar-refractivity contribution is 9.10. The van der Waals surface area contributed by atoms with Crippen LogP contribution in [0, 0.1) is 0 Å².